The number of hydrogen-bond acceptors (Lipinski definition) is 12. The summed E-state index contributed by atoms with van der Waals surface area (Å²) in [6.45, 7) is 50.0. The van der Waals surface area contributed by atoms with Gasteiger partial charge < -0.3 is 55.2 Å². The van der Waals surface area contributed by atoms with Crippen LogP contribution in [-0.4, -0.2) is 122 Å². The number of aliphatic hydroxyl groups is 4. The van der Waals surface area contributed by atoms with E-state index in [4.69, 9.17) is 14.2 Å². The Morgan fingerprint density at radius 3 is 1.57 bits per heavy atom. The van der Waals surface area contributed by atoms with Crippen LogP contribution in [0.4, 0.5) is 0 Å². The average Bonchev–Trinajstić information content (AvgIpc) is 3.55. The Bertz CT molecular complexity index is 2590. The number of benzene rings is 3. The summed E-state index contributed by atoms with van der Waals surface area (Å²) >= 11 is 0. The van der Waals surface area contributed by atoms with E-state index >= 15 is 0 Å². The maximum atomic E-state index is 12.3. The summed E-state index contributed by atoms with van der Waals surface area (Å²) in [6.07, 6.45) is 5.39. The number of aromatic amines is 1. The van der Waals surface area contributed by atoms with E-state index < -0.39 is 35.9 Å². The Morgan fingerprint density at radius 2 is 1.16 bits per heavy atom. The molecule has 1 saturated carbocycles. The third kappa shape index (κ3) is 30.3. The van der Waals surface area contributed by atoms with Crippen LogP contribution in [0.2, 0.25) is 0 Å². The van der Waals surface area contributed by atoms with Crippen LogP contribution >= 0.6 is 0 Å². The lowest BCUT2D eigenvalue weighted by molar-refractivity contribution is -0.140. The molecule has 1 aliphatic carbocycles. The molecule has 7 N–H and O–H groups in total. The maximum Gasteiger partial charge on any atom is 0.253 e. The van der Waals surface area contributed by atoms with Gasteiger partial charge in [0, 0.05) is 48.3 Å². The molecule has 1 unspecified atom stereocenters. The normalized spacial score (nSPS) is 22.5. The standard InChI is InChI=1S/C16H24N2O.C14H20O4.C11H17N3O2.C11H16.C10H20.C7H14O3.2C2H6/c1-12-5-7-13(8-6-12)14-11-18(10-9-17-14)15(19)16(2,3)4;1-9-3-5-11(6-4-9)7-17-8-12-14(16)13(15)10(2)18-12;1-7-5-12-8(14-9(7)15)6-13-10(16)11(2,3)4;1-9-5-7-10(8-6-9)11(2,3)4;1-10(2,3)8-9-6-4-5-7-9;1-3-5-7(9)6(8)4(2)10-5;2*1-2/h5-8,14,17H,9-11H2,1-4H3;3-6,10,12-16H,7-8H2,1-2H3;5H,6H2,1-4H3,(H,13,16)(H,12,14,15);5-8H,1-4H3;9H,4-8H2,1-3H3;4-9H,3H2,1-2H3;2*1-2H3/t;10-,12+,13-,14+;;;;4-,5+,6-,7+;;/m.0...0../s1. The van der Waals surface area contributed by atoms with Gasteiger partial charge >= 0.3 is 0 Å². The molecule has 8 rings (SSSR count). The summed E-state index contributed by atoms with van der Waals surface area (Å²) in [4.78, 5) is 43.8. The Morgan fingerprint density at radius 1 is 0.682 bits per heavy atom. The molecule has 3 aromatic carbocycles. The number of carbonyl (C=O) groups is 2. The molecule has 0 bridgehead atoms. The van der Waals surface area contributed by atoms with Crippen molar-refractivity contribution in [2.24, 2.45) is 22.2 Å². The molecule has 2 amide bonds. The van der Waals surface area contributed by atoms with Crippen molar-refractivity contribution in [2.75, 3.05) is 26.2 Å². The van der Waals surface area contributed by atoms with Gasteiger partial charge in [-0.2, -0.15) is 0 Å². The Hall–Kier alpha value is -4.84. The average molecular weight is 1230 g/mol. The highest BCUT2D eigenvalue weighted by Crippen LogP contribution is 2.35. The summed E-state index contributed by atoms with van der Waals surface area (Å²) in [5, 5.41) is 43.9. The predicted molar refractivity (Wildman–Crippen MR) is 361 cm³/mol. The van der Waals surface area contributed by atoms with E-state index in [0.717, 1.165) is 37.5 Å². The number of amides is 2. The highest BCUT2D eigenvalue weighted by molar-refractivity contribution is 5.82. The third-order valence-electron chi connectivity index (χ3n) is 15.3. The first-order chi connectivity index (χ1) is 41.0. The number of carbonyl (C=O) groups excluding carboxylic acids is 2. The lowest BCUT2D eigenvalue weighted by atomic mass is 9.84. The van der Waals surface area contributed by atoms with Gasteiger partial charge in [-0.05, 0) is 87.8 Å². The number of aliphatic hydroxyl groups excluding tert-OH is 4. The van der Waals surface area contributed by atoms with Crippen LogP contribution in [0.15, 0.2) is 83.8 Å². The highest BCUT2D eigenvalue weighted by atomic mass is 16.6. The molecule has 0 spiro atoms. The topological polar surface area (TPSA) is 216 Å². The molecule has 4 heterocycles. The molecule has 15 nitrogen and oxygen atoms in total. The second-order valence-electron chi connectivity index (χ2n) is 27.9. The van der Waals surface area contributed by atoms with Gasteiger partial charge in [0.2, 0.25) is 11.8 Å². The van der Waals surface area contributed by atoms with E-state index in [-0.39, 0.29) is 65.7 Å². The van der Waals surface area contributed by atoms with Crippen molar-refractivity contribution >= 4 is 11.8 Å². The summed E-state index contributed by atoms with van der Waals surface area (Å²) in [5.74, 6) is 1.69. The predicted octanol–water partition coefficient (Wildman–Crippen LogP) is 13.1. The first-order valence-corrected chi connectivity index (χ1v) is 32.7. The molecule has 500 valence electrons. The van der Waals surface area contributed by atoms with Gasteiger partial charge in [0.15, 0.2) is 0 Å². The molecule has 9 atom stereocenters. The third-order valence-corrected chi connectivity index (χ3v) is 15.3. The van der Waals surface area contributed by atoms with Gasteiger partial charge in [0.05, 0.1) is 38.1 Å². The SMILES string of the molecule is CC.CC.CC(C)(C)CC1CCCC1.CC[C@H]1O[C@@H](C)[C@H](O)[C@@H]1O.Cc1ccc(C(C)(C)C)cc1.Cc1ccc(C2CN(C(=O)C(C)(C)C)CCN2)cc1.Cc1ccc(COC[C@H]2O[C@@H](C)[C@H](O)[C@@H]2O)cc1.Cc1cnc(CNC(=O)C(C)(C)C)[nH]c1=O. The Balaban J connectivity index is 0.000000531. The molecule has 4 aromatic rings. The van der Waals surface area contributed by atoms with Gasteiger partial charge in [0.25, 0.3) is 5.56 Å². The first-order valence-electron chi connectivity index (χ1n) is 32.7. The lowest BCUT2D eigenvalue weighted by Gasteiger charge is -2.37. The number of hydrogen-bond donors (Lipinski definition) is 7. The molecular formula is C73H123N5O10. The number of nitrogens with one attached hydrogen (secondary N) is 3. The van der Waals surface area contributed by atoms with Gasteiger partial charge in [-0.1, -0.05) is 233 Å². The van der Waals surface area contributed by atoms with Crippen LogP contribution in [0.25, 0.3) is 0 Å². The van der Waals surface area contributed by atoms with Crippen LogP contribution in [0.3, 0.4) is 0 Å². The molecular weight excluding hydrogens is 1110 g/mol. The zero-order valence-corrected chi connectivity index (χ0v) is 58.9. The minimum atomic E-state index is -0.863. The van der Waals surface area contributed by atoms with E-state index in [1.165, 1.54) is 66.1 Å². The maximum absolute atomic E-state index is 12.3. The number of rotatable bonds is 9. The van der Waals surface area contributed by atoms with Crippen molar-refractivity contribution in [3.63, 3.8) is 0 Å². The summed E-state index contributed by atoms with van der Waals surface area (Å²) < 4.78 is 16.2. The summed E-state index contributed by atoms with van der Waals surface area (Å²) in [6, 6.07) is 25.6. The minimum Gasteiger partial charge on any atom is -0.388 e. The van der Waals surface area contributed by atoms with Crippen molar-refractivity contribution in [1.82, 2.24) is 25.5 Å². The van der Waals surface area contributed by atoms with E-state index in [9.17, 15) is 34.8 Å². The van der Waals surface area contributed by atoms with Crippen molar-refractivity contribution in [2.45, 2.75) is 271 Å². The smallest absolute Gasteiger partial charge is 0.253 e. The van der Waals surface area contributed by atoms with Gasteiger partial charge in [-0.3, -0.25) is 14.4 Å². The number of H-pyrrole nitrogens is 1. The Labute approximate surface area is 533 Å². The molecule has 4 fully saturated rings. The zero-order valence-electron chi connectivity index (χ0n) is 58.9. The lowest BCUT2D eigenvalue weighted by Crippen LogP contribution is -2.51. The van der Waals surface area contributed by atoms with Crippen LogP contribution in [0, 0.1) is 49.9 Å². The van der Waals surface area contributed by atoms with E-state index in [0.29, 0.717) is 23.4 Å². The molecule has 4 aliphatic rings. The monoisotopic (exact) mass is 1230 g/mol. The van der Waals surface area contributed by atoms with Crippen LogP contribution in [0.5, 0.6) is 0 Å². The number of ether oxygens (including phenoxy) is 3. The fourth-order valence-corrected chi connectivity index (χ4v) is 9.90. The van der Waals surface area contributed by atoms with Crippen molar-refractivity contribution in [1.29, 1.82) is 0 Å². The van der Waals surface area contributed by atoms with Crippen LogP contribution in [-0.2, 0) is 42.4 Å². The molecule has 0 radical (unpaired) electrons. The number of piperazine rings is 1. The number of aromatic nitrogens is 2. The fourth-order valence-electron chi connectivity index (χ4n) is 9.90. The summed E-state index contributed by atoms with van der Waals surface area (Å²) in [5.41, 5.74) is 8.07. The van der Waals surface area contributed by atoms with Crippen LogP contribution < -0.4 is 16.2 Å². The van der Waals surface area contributed by atoms with Gasteiger partial charge in [0.1, 0.15) is 36.3 Å². The second kappa shape index (κ2) is 39.4. The van der Waals surface area contributed by atoms with E-state index in [2.05, 4.69) is 125 Å². The van der Waals surface area contributed by atoms with Crippen molar-refractivity contribution in [3.05, 3.63) is 134 Å². The first kappa shape index (κ1) is 81.2. The second-order valence-corrected chi connectivity index (χ2v) is 27.9. The minimum absolute atomic E-state index is 0.0734. The van der Waals surface area contributed by atoms with Crippen molar-refractivity contribution in [3.8, 4) is 0 Å². The number of aryl methyl sites for hydroxylation is 4. The highest BCUT2D eigenvalue weighted by Gasteiger charge is 2.40. The molecule has 15 heteroatoms. The Kier molecular flexibility index (Phi) is 36.4. The number of nitrogens with zero attached hydrogens (tertiary/aromatic N) is 2. The molecule has 3 saturated heterocycles. The largest absolute Gasteiger partial charge is 0.388 e. The zero-order chi connectivity index (χ0) is 67.3. The van der Waals surface area contributed by atoms with Gasteiger partial charge in [-0.15, -0.1) is 0 Å². The van der Waals surface area contributed by atoms with Crippen molar-refractivity contribution < 1.29 is 44.2 Å². The molecule has 88 heavy (non-hydrogen) atoms. The quantitative estimate of drug-likeness (QED) is 0.0833. The fraction of sp³-hybridized carbons (Fsp3) is 0.671. The van der Waals surface area contributed by atoms with Gasteiger partial charge in [-0.25, -0.2) is 4.98 Å². The van der Waals surface area contributed by atoms with Crippen LogP contribution in [0.1, 0.15) is 221 Å². The molecule has 3 aliphatic heterocycles. The molecule has 1 aromatic heterocycles. The summed E-state index contributed by atoms with van der Waals surface area (Å²) in [7, 11) is 0. The van der Waals surface area contributed by atoms with E-state index in [1.54, 1.807) is 20.8 Å². The van der Waals surface area contributed by atoms with E-state index in [1.807, 2.05) is 112 Å².